The molecule has 0 saturated carbocycles. The molecule has 1 amide bonds. The van der Waals surface area contributed by atoms with Crippen LogP contribution in [0.3, 0.4) is 0 Å². The van der Waals surface area contributed by atoms with E-state index in [0.717, 1.165) is 25.1 Å². The number of rotatable bonds is 7. The molecule has 0 aromatic carbocycles. The van der Waals surface area contributed by atoms with Crippen LogP contribution in [0.1, 0.15) is 82.3 Å². The van der Waals surface area contributed by atoms with E-state index < -0.39 is 0 Å². The van der Waals surface area contributed by atoms with Crippen molar-refractivity contribution < 1.29 is 4.79 Å². The maximum absolute atomic E-state index is 12.5. The lowest BCUT2D eigenvalue weighted by Gasteiger charge is -2.23. The van der Waals surface area contributed by atoms with Gasteiger partial charge in [0.25, 0.3) is 5.91 Å². The summed E-state index contributed by atoms with van der Waals surface area (Å²) in [5, 5.41) is 19.0. The molecule has 0 spiro atoms. The number of amides is 1. The Morgan fingerprint density at radius 2 is 2.04 bits per heavy atom. The quantitative estimate of drug-likeness (QED) is 0.831. The van der Waals surface area contributed by atoms with Gasteiger partial charge in [0.05, 0.1) is 12.1 Å². The molecule has 0 aliphatic heterocycles. The van der Waals surface area contributed by atoms with E-state index in [1.807, 2.05) is 10.7 Å². The first kappa shape index (κ1) is 19.1. The Hall–Kier alpha value is -2.25. The minimum Gasteiger partial charge on any atom is -0.343 e. The summed E-state index contributed by atoms with van der Waals surface area (Å²) in [4.78, 5) is 12.5. The summed E-state index contributed by atoms with van der Waals surface area (Å²) >= 11 is 0. The van der Waals surface area contributed by atoms with Gasteiger partial charge >= 0.3 is 0 Å². The van der Waals surface area contributed by atoms with Crippen molar-refractivity contribution in [3.8, 4) is 0 Å². The van der Waals surface area contributed by atoms with Gasteiger partial charge in [-0.3, -0.25) is 9.48 Å². The summed E-state index contributed by atoms with van der Waals surface area (Å²) in [5.41, 5.74) is 1.29. The molecule has 0 saturated heterocycles. The molecule has 8 nitrogen and oxygen atoms in total. The van der Waals surface area contributed by atoms with Gasteiger partial charge in [0.15, 0.2) is 5.82 Å². The zero-order chi connectivity index (χ0) is 18.6. The van der Waals surface area contributed by atoms with Crippen LogP contribution in [0.2, 0.25) is 0 Å². The highest BCUT2D eigenvalue weighted by atomic mass is 16.2. The van der Waals surface area contributed by atoms with Gasteiger partial charge in [-0.05, 0) is 49.6 Å². The SMILES string of the molecule is CCCCn1nnnc1CNC(=O)c1cc(C(C)C)n(C(C)(C)C)n1. The monoisotopic (exact) mass is 347 g/mol. The fourth-order valence-electron chi connectivity index (χ4n) is 2.54. The molecular formula is C17H29N7O. The Morgan fingerprint density at radius 1 is 1.32 bits per heavy atom. The standard InChI is InChI=1S/C17H29N7O/c1-7-8-9-23-15(19-21-22-23)11-18-16(25)13-10-14(12(2)3)24(20-13)17(4,5)6/h10,12H,7-9,11H2,1-6H3,(H,18,25). The molecule has 0 radical (unpaired) electrons. The van der Waals surface area contributed by atoms with E-state index in [-0.39, 0.29) is 23.9 Å². The predicted molar refractivity (Wildman–Crippen MR) is 95.2 cm³/mol. The molecule has 2 aromatic heterocycles. The minimum absolute atomic E-state index is 0.178. The largest absolute Gasteiger partial charge is 0.343 e. The molecule has 0 fully saturated rings. The average molecular weight is 347 g/mol. The molecule has 0 unspecified atom stereocenters. The number of hydrogen-bond donors (Lipinski definition) is 1. The number of tetrazole rings is 1. The third kappa shape index (κ3) is 4.64. The minimum atomic E-state index is -0.213. The first-order valence-electron chi connectivity index (χ1n) is 8.87. The van der Waals surface area contributed by atoms with Crippen LogP contribution in [-0.2, 0) is 18.6 Å². The molecule has 8 heteroatoms. The van der Waals surface area contributed by atoms with Crippen molar-refractivity contribution in [1.82, 2.24) is 35.3 Å². The highest BCUT2D eigenvalue weighted by molar-refractivity contribution is 5.92. The first-order chi connectivity index (χ1) is 11.7. The lowest BCUT2D eigenvalue weighted by atomic mass is 10.1. The molecular weight excluding hydrogens is 318 g/mol. The van der Waals surface area contributed by atoms with Gasteiger partial charge in [0.1, 0.15) is 5.69 Å². The van der Waals surface area contributed by atoms with E-state index in [2.05, 4.69) is 67.5 Å². The van der Waals surface area contributed by atoms with Gasteiger partial charge in [0.2, 0.25) is 0 Å². The molecule has 25 heavy (non-hydrogen) atoms. The van der Waals surface area contributed by atoms with Crippen LogP contribution >= 0.6 is 0 Å². The fraction of sp³-hybridized carbons (Fsp3) is 0.706. The molecule has 2 rings (SSSR count). The van der Waals surface area contributed by atoms with Crippen molar-refractivity contribution in [3.05, 3.63) is 23.3 Å². The Labute approximate surface area is 149 Å². The van der Waals surface area contributed by atoms with E-state index in [4.69, 9.17) is 0 Å². The normalized spacial score (nSPS) is 12.0. The number of nitrogens with zero attached hydrogens (tertiary/aromatic N) is 6. The Bertz CT molecular complexity index is 709. The van der Waals surface area contributed by atoms with Crippen molar-refractivity contribution >= 4 is 5.91 Å². The van der Waals surface area contributed by atoms with Crippen LogP contribution in [-0.4, -0.2) is 35.9 Å². The summed E-state index contributed by atoms with van der Waals surface area (Å²) in [7, 11) is 0. The third-order valence-electron chi connectivity index (χ3n) is 3.93. The van der Waals surface area contributed by atoms with E-state index in [9.17, 15) is 4.79 Å². The van der Waals surface area contributed by atoms with Crippen LogP contribution in [0.5, 0.6) is 0 Å². The number of aryl methyl sites for hydroxylation is 1. The molecule has 0 atom stereocenters. The Morgan fingerprint density at radius 3 is 2.60 bits per heavy atom. The zero-order valence-electron chi connectivity index (χ0n) is 16.1. The summed E-state index contributed by atoms with van der Waals surface area (Å²) in [6.07, 6.45) is 2.06. The van der Waals surface area contributed by atoms with Gasteiger partial charge in [-0.25, -0.2) is 4.68 Å². The zero-order valence-corrected chi connectivity index (χ0v) is 16.1. The van der Waals surface area contributed by atoms with E-state index >= 15 is 0 Å². The van der Waals surface area contributed by atoms with Crippen LogP contribution in [0.15, 0.2) is 6.07 Å². The van der Waals surface area contributed by atoms with Crippen molar-refractivity contribution in [1.29, 1.82) is 0 Å². The van der Waals surface area contributed by atoms with E-state index in [0.29, 0.717) is 11.5 Å². The van der Waals surface area contributed by atoms with Crippen molar-refractivity contribution in [2.24, 2.45) is 0 Å². The highest BCUT2D eigenvalue weighted by Gasteiger charge is 2.23. The smallest absolute Gasteiger partial charge is 0.272 e. The first-order valence-corrected chi connectivity index (χ1v) is 8.87. The highest BCUT2D eigenvalue weighted by Crippen LogP contribution is 2.23. The lowest BCUT2D eigenvalue weighted by Crippen LogP contribution is -2.28. The van der Waals surface area contributed by atoms with Crippen molar-refractivity contribution in [3.63, 3.8) is 0 Å². The number of aromatic nitrogens is 6. The number of nitrogens with one attached hydrogen (secondary N) is 1. The van der Waals surface area contributed by atoms with Crippen LogP contribution in [0.25, 0.3) is 0 Å². The number of carbonyl (C=O) groups is 1. The summed E-state index contributed by atoms with van der Waals surface area (Å²) < 4.78 is 3.66. The molecule has 1 N–H and O–H groups in total. The van der Waals surface area contributed by atoms with Gasteiger partial charge in [0, 0.05) is 12.2 Å². The molecule has 0 aliphatic carbocycles. The van der Waals surface area contributed by atoms with Gasteiger partial charge in [-0.1, -0.05) is 27.2 Å². The molecule has 2 heterocycles. The second-order valence-electron chi connectivity index (χ2n) is 7.55. The predicted octanol–water partition coefficient (Wildman–Crippen LogP) is 2.48. The van der Waals surface area contributed by atoms with Crippen LogP contribution in [0, 0.1) is 0 Å². The molecule has 2 aromatic rings. The van der Waals surface area contributed by atoms with Gasteiger partial charge < -0.3 is 5.32 Å². The van der Waals surface area contributed by atoms with Gasteiger partial charge in [-0.2, -0.15) is 5.10 Å². The van der Waals surface area contributed by atoms with Crippen molar-refractivity contribution in [2.45, 2.75) is 78.9 Å². The third-order valence-corrected chi connectivity index (χ3v) is 3.93. The number of carbonyl (C=O) groups excluding carboxylic acids is 1. The molecule has 0 bridgehead atoms. The second kappa shape index (κ2) is 7.76. The summed E-state index contributed by atoms with van der Waals surface area (Å²) in [6, 6.07) is 1.87. The summed E-state index contributed by atoms with van der Waals surface area (Å²) in [5.74, 6) is 0.727. The van der Waals surface area contributed by atoms with Crippen molar-refractivity contribution in [2.75, 3.05) is 0 Å². The van der Waals surface area contributed by atoms with Crippen LogP contribution < -0.4 is 5.32 Å². The number of unbranched alkanes of at least 4 members (excludes halogenated alkanes) is 1. The maximum Gasteiger partial charge on any atom is 0.272 e. The Kier molecular flexibility index (Phi) is 5.92. The topological polar surface area (TPSA) is 90.5 Å². The van der Waals surface area contributed by atoms with E-state index in [1.165, 1.54) is 0 Å². The van der Waals surface area contributed by atoms with E-state index in [1.54, 1.807) is 4.68 Å². The van der Waals surface area contributed by atoms with Crippen LogP contribution in [0.4, 0.5) is 0 Å². The van der Waals surface area contributed by atoms with Gasteiger partial charge in [-0.15, -0.1) is 5.10 Å². The molecule has 138 valence electrons. The number of hydrogen-bond acceptors (Lipinski definition) is 5. The fourth-order valence-corrected chi connectivity index (χ4v) is 2.54. The average Bonchev–Trinajstić information content (AvgIpc) is 3.16. The summed E-state index contributed by atoms with van der Waals surface area (Å²) in [6.45, 7) is 13.6. The molecule has 0 aliphatic rings. The Balaban J connectivity index is 2.10. The maximum atomic E-state index is 12.5. The lowest BCUT2D eigenvalue weighted by molar-refractivity contribution is 0.0942. The second-order valence-corrected chi connectivity index (χ2v) is 7.55.